The predicted octanol–water partition coefficient (Wildman–Crippen LogP) is 3.63. The first-order chi connectivity index (χ1) is 8.27. The lowest BCUT2D eigenvalue weighted by Crippen LogP contribution is -2.02. The summed E-state index contributed by atoms with van der Waals surface area (Å²) in [5.74, 6) is 1.55. The molecule has 0 unspecified atom stereocenters. The third-order valence-corrected chi connectivity index (χ3v) is 2.48. The Hall–Kier alpha value is -1.38. The number of ether oxygens (including phenoxy) is 2. The van der Waals surface area contributed by atoms with E-state index in [0.29, 0.717) is 12.3 Å². The molecule has 1 rings (SSSR count). The van der Waals surface area contributed by atoms with Crippen LogP contribution < -0.4 is 15.2 Å². The van der Waals surface area contributed by atoms with Crippen LogP contribution in [0, 0.1) is 0 Å². The highest BCUT2D eigenvalue weighted by atomic mass is 16.5. The molecule has 0 saturated carbocycles. The highest BCUT2D eigenvalue weighted by Gasteiger charge is 2.05. The lowest BCUT2D eigenvalue weighted by atomic mass is 10.2. The Bertz CT molecular complexity index is 326. The van der Waals surface area contributed by atoms with Gasteiger partial charge in [-0.05, 0) is 25.0 Å². The first-order valence-electron chi connectivity index (χ1n) is 6.43. The number of anilines is 1. The van der Waals surface area contributed by atoms with E-state index in [1.165, 1.54) is 0 Å². The fourth-order valence-electron chi connectivity index (χ4n) is 1.41. The third-order valence-electron chi connectivity index (χ3n) is 2.48. The van der Waals surface area contributed by atoms with Crippen LogP contribution in [0.5, 0.6) is 11.5 Å². The maximum atomic E-state index is 5.75. The van der Waals surface area contributed by atoms with Gasteiger partial charge in [0.2, 0.25) is 0 Å². The van der Waals surface area contributed by atoms with Gasteiger partial charge in [-0.1, -0.05) is 26.7 Å². The zero-order valence-corrected chi connectivity index (χ0v) is 10.9. The van der Waals surface area contributed by atoms with E-state index in [4.69, 9.17) is 15.2 Å². The van der Waals surface area contributed by atoms with Gasteiger partial charge in [-0.15, -0.1) is 0 Å². The molecule has 0 aliphatic rings. The van der Waals surface area contributed by atoms with Gasteiger partial charge in [-0.3, -0.25) is 0 Å². The van der Waals surface area contributed by atoms with Crippen molar-refractivity contribution in [3.05, 3.63) is 18.2 Å². The third kappa shape index (κ3) is 4.98. The minimum Gasteiger partial charge on any atom is -0.490 e. The van der Waals surface area contributed by atoms with Crippen molar-refractivity contribution in [2.75, 3.05) is 18.9 Å². The van der Waals surface area contributed by atoms with Gasteiger partial charge in [-0.25, -0.2) is 0 Å². The molecule has 0 aliphatic carbocycles. The number of hydrogen-bond acceptors (Lipinski definition) is 3. The van der Waals surface area contributed by atoms with Gasteiger partial charge in [0.25, 0.3) is 0 Å². The van der Waals surface area contributed by atoms with Crippen molar-refractivity contribution in [3.63, 3.8) is 0 Å². The van der Waals surface area contributed by atoms with Gasteiger partial charge in [0, 0.05) is 11.8 Å². The first-order valence-corrected chi connectivity index (χ1v) is 6.43. The van der Waals surface area contributed by atoms with Crippen molar-refractivity contribution in [2.45, 2.75) is 39.5 Å². The van der Waals surface area contributed by atoms with E-state index in [1.54, 1.807) is 0 Å². The Labute approximate surface area is 104 Å². The quantitative estimate of drug-likeness (QED) is 0.554. The minimum atomic E-state index is 0.708. The number of nitrogens with two attached hydrogens (primary N) is 1. The largest absolute Gasteiger partial charge is 0.490 e. The lowest BCUT2D eigenvalue weighted by molar-refractivity contribution is 0.262. The Balaban J connectivity index is 2.59. The summed E-state index contributed by atoms with van der Waals surface area (Å²) in [5, 5.41) is 0. The Morgan fingerprint density at radius 3 is 2.12 bits per heavy atom. The average Bonchev–Trinajstić information content (AvgIpc) is 2.32. The van der Waals surface area contributed by atoms with Gasteiger partial charge in [0.15, 0.2) is 11.5 Å². The SMILES string of the molecule is CCCCOc1ccc(N)cc1OCCCC. The van der Waals surface area contributed by atoms with E-state index in [9.17, 15) is 0 Å². The van der Waals surface area contributed by atoms with Crippen LogP contribution in [0.3, 0.4) is 0 Å². The molecule has 0 aliphatic heterocycles. The van der Waals surface area contributed by atoms with Crippen molar-refractivity contribution in [1.29, 1.82) is 0 Å². The summed E-state index contributed by atoms with van der Waals surface area (Å²) in [6.45, 7) is 5.72. The smallest absolute Gasteiger partial charge is 0.163 e. The number of rotatable bonds is 8. The Morgan fingerprint density at radius 2 is 1.53 bits per heavy atom. The van der Waals surface area contributed by atoms with E-state index in [0.717, 1.165) is 43.8 Å². The van der Waals surface area contributed by atoms with Crippen molar-refractivity contribution >= 4 is 5.69 Å². The summed E-state index contributed by atoms with van der Waals surface area (Å²) in [4.78, 5) is 0. The fourth-order valence-corrected chi connectivity index (χ4v) is 1.41. The van der Waals surface area contributed by atoms with E-state index in [-0.39, 0.29) is 0 Å². The molecule has 0 amide bonds. The molecular formula is C14H23NO2. The van der Waals surface area contributed by atoms with Crippen LogP contribution in [0.15, 0.2) is 18.2 Å². The van der Waals surface area contributed by atoms with Crippen molar-refractivity contribution in [2.24, 2.45) is 0 Å². The van der Waals surface area contributed by atoms with Gasteiger partial charge >= 0.3 is 0 Å². The normalized spacial score (nSPS) is 10.2. The molecule has 3 heteroatoms. The molecule has 0 aromatic heterocycles. The Kier molecular flexibility index (Phi) is 6.30. The van der Waals surface area contributed by atoms with Crippen LogP contribution in [-0.2, 0) is 0 Å². The zero-order chi connectivity index (χ0) is 12.5. The second-order valence-corrected chi connectivity index (χ2v) is 4.11. The highest BCUT2D eigenvalue weighted by Crippen LogP contribution is 2.29. The standard InChI is InChI=1S/C14H23NO2/c1-3-5-9-16-13-8-7-12(15)11-14(13)17-10-6-4-2/h7-8,11H,3-6,9-10,15H2,1-2H3. The van der Waals surface area contributed by atoms with Gasteiger partial charge in [0.1, 0.15) is 0 Å². The molecule has 1 aromatic rings. The number of nitrogen functional groups attached to an aromatic ring is 1. The molecule has 0 fully saturated rings. The monoisotopic (exact) mass is 237 g/mol. The van der Waals surface area contributed by atoms with Crippen LogP contribution in [0.4, 0.5) is 5.69 Å². The maximum absolute atomic E-state index is 5.75. The number of benzene rings is 1. The molecule has 0 heterocycles. The molecule has 96 valence electrons. The second kappa shape index (κ2) is 7.82. The van der Waals surface area contributed by atoms with Crippen LogP contribution in [0.1, 0.15) is 39.5 Å². The zero-order valence-electron chi connectivity index (χ0n) is 10.9. The summed E-state index contributed by atoms with van der Waals surface area (Å²) in [7, 11) is 0. The van der Waals surface area contributed by atoms with E-state index >= 15 is 0 Å². The molecule has 2 N–H and O–H groups in total. The molecule has 0 atom stereocenters. The van der Waals surface area contributed by atoms with Gasteiger partial charge in [-0.2, -0.15) is 0 Å². The first kappa shape index (κ1) is 13.7. The van der Waals surface area contributed by atoms with Crippen LogP contribution in [0.25, 0.3) is 0 Å². The van der Waals surface area contributed by atoms with Crippen molar-refractivity contribution in [1.82, 2.24) is 0 Å². The molecule has 17 heavy (non-hydrogen) atoms. The van der Waals surface area contributed by atoms with Crippen LogP contribution >= 0.6 is 0 Å². The predicted molar refractivity (Wildman–Crippen MR) is 71.7 cm³/mol. The maximum Gasteiger partial charge on any atom is 0.163 e. The van der Waals surface area contributed by atoms with Gasteiger partial charge < -0.3 is 15.2 Å². The van der Waals surface area contributed by atoms with E-state index in [1.807, 2.05) is 18.2 Å². The van der Waals surface area contributed by atoms with Crippen LogP contribution in [-0.4, -0.2) is 13.2 Å². The number of unbranched alkanes of at least 4 members (excludes halogenated alkanes) is 2. The molecular weight excluding hydrogens is 214 g/mol. The summed E-state index contributed by atoms with van der Waals surface area (Å²) in [5.41, 5.74) is 6.46. The van der Waals surface area contributed by atoms with Crippen molar-refractivity contribution < 1.29 is 9.47 Å². The fraction of sp³-hybridized carbons (Fsp3) is 0.571. The summed E-state index contributed by atoms with van der Waals surface area (Å²) >= 11 is 0. The van der Waals surface area contributed by atoms with E-state index in [2.05, 4.69) is 13.8 Å². The molecule has 0 radical (unpaired) electrons. The molecule has 0 spiro atoms. The van der Waals surface area contributed by atoms with Crippen LogP contribution in [0.2, 0.25) is 0 Å². The molecule has 1 aromatic carbocycles. The van der Waals surface area contributed by atoms with Gasteiger partial charge in [0.05, 0.1) is 13.2 Å². The van der Waals surface area contributed by atoms with E-state index < -0.39 is 0 Å². The lowest BCUT2D eigenvalue weighted by Gasteiger charge is -2.13. The summed E-state index contributed by atoms with van der Waals surface area (Å²) in [6, 6.07) is 5.55. The minimum absolute atomic E-state index is 0.708. The molecule has 0 saturated heterocycles. The number of hydrogen-bond donors (Lipinski definition) is 1. The summed E-state index contributed by atoms with van der Waals surface area (Å²) < 4.78 is 11.4. The summed E-state index contributed by atoms with van der Waals surface area (Å²) in [6.07, 6.45) is 4.34. The Morgan fingerprint density at radius 1 is 0.941 bits per heavy atom. The second-order valence-electron chi connectivity index (χ2n) is 4.11. The molecule has 0 bridgehead atoms. The van der Waals surface area contributed by atoms with Crippen molar-refractivity contribution in [3.8, 4) is 11.5 Å². The molecule has 3 nitrogen and oxygen atoms in total. The topological polar surface area (TPSA) is 44.5 Å². The highest BCUT2D eigenvalue weighted by molar-refractivity contribution is 5.51. The average molecular weight is 237 g/mol.